The van der Waals surface area contributed by atoms with E-state index in [4.69, 9.17) is 12.2 Å². The molecule has 0 aromatic rings. The molecule has 0 unspecified atom stereocenters. The molecule has 0 spiro atoms. The number of rotatable bonds is 3. The first-order chi connectivity index (χ1) is 5.86. The second kappa shape index (κ2) is 5.18. The molecule has 2 nitrogen and oxygen atoms in total. The van der Waals surface area contributed by atoms with Crippen LogP contribution in [0.4, 0.5) is 0 Å². The number of terminal acetylenes is 1. The molecule has 1 rings (SSSR count). The molecule has 1 fully saturated rings. The lowest BCUT2D eigenvalue weighted by Crippen LogP contribution is -2.36. The van der Waals surface area contributed by atoms with Gasteiger partial charge in [-0.15, -0.1) is 12.3 Å². The Balaban J connectivity index is 2.14. The van der Waals surface area contributed by atoms with Crippen molar-refractivity contribution in [1.82, 2.24) is 4.90 Å². The van der Waals surface area contributed by atoms with Crippen molar-refractivity contribution in [2.24, 2.45) is 11.7 Å². The number of nitrogens with two attached hydrogens (primary N) is 1. The van der Waals surface area contributed by atoms with E-state index in [-0.39, 0.29) is 0 Å². The monoisotopic (exact) mass is 166 g/mol. The van der Waals surface area contributed by atoms with E-state index in [9.17, 15) is 0 Å². The molecular formula is C10H18N2. The molecule has 1 saturated heterocycles. The molecule has 0 amide bonds. The van der Waals surface area contributed by atoms with Crippen molar-refractivity contribution in [3.8, 4) is 12.3 Å². The number of likely N-dealkylation sites (tertiary alicyclic amines) is 1. The van der Waals surface area contributed by atoms with Crippen molar-refractivity contribution in [3.63, 3.8) is 0 Å². The summed E-state index contributed by atoms with van der Waals surface area (Å²) in [6, 6.07) is 0. The molecular weight excluding hydrogens is 148 g/mol. The maximum absolute atomic E-state index is 5.60. The van der Waals surface area contributed by atoms with Gasteiger partial charge in [0.25, 0.3) is 0 Å². The van der Waals surface area contributed by atoms with E-state index in [0.29, 0.717) is 0 Å². The van der Waals surface area contributed by atoms with Crippen LogP contribution in [0.15, 0.2) is 0 Å². The number of hydrogen-bond acceptors (Lipinski definition) is 2. The van der Waals surface area contributed by atoms with Gasteiger partial charge in [-0.1, -0.05) is 0 Å². The molecule has 1 aliphatic rings. The molecule has 2 N–H and O–H groups in total. The molecule has 12 heavy (non-hydrogen) atoms. The van der Waals surface area contributed by atoms with Gasteiger partial charge in [-0.2, -0.15) is 0 Å². The standard InChI is InChI=1S/C10H18N2/c1-2-3-6-12-7-4-10(9-11)5-8-12/h1,10H,3-9,11H2. The summed E-state index contributed by atoms with van der Waals surface area (Å²) in [6.45, 7) is 4.28. The fourth-order valence-corrected chi connectivity index (χ4v) is 1.67. The van der Waals surface area contributed by atoms with Gasteiger partial charge in [0.05, 0.1) is 0 Å². The third-order valence-corrected chi connectivity index (χ3v) is 2.61. The van der Waals surface area contributed by atoms with Crippen LogP contribution in [0.5, 0.6) is 0 Å². The van der Waals surface area contributed by atoms with Crippen LogP contribution in [0, 0.1) is 18.3 Å². The predicted molar refractivity (Wildman–Crippen MR) is 51.7 cm³/mol. The number of piperidine rings is 1. The second-order valence-electron chi connectivity index (χ2n) is 3.47. The van der Waals surface area contributed by atoms with E-state index in [2.05, 4.69) is 10.8 Å². The Morgan fingerprint density at radius 3 is 2.58 bits per heavy atom. The Hall–Kier alpha value is -0.520. The Morgan fingerprint density at radius 1 is 1.42 bits per heavy atom. The number of hydrogen-bond donors (Lipinski definition) is 1. The van der Waals surface area contributed by atoms with Crippen LogP contribution in [-0.2, 0) is 0 Å². The summed E-state index contributed by atoms with van der Waals surface area (Å²) in [4.78, 5) is 2.44. The van der Waals surface area contributed by atoms with Gasteiger partial charge < -0.3 is 10.6 Å². The van der Waals surface area contributed by atoms with Crippen molar-refractivity contribution in [2.45, 2.75) is 19.3 Å². The minimum absolute atomic E-state index is 0.757. The van der Waals surface area contributed by atoms with Crippen LogP contribution < -0.4 is 5.73 Å². The van der Waals surface area contributed by atoms with E-state index in [0.717, 1.165) is 25.4 Å². The van der Waals surface area contributed by atoms with E-state index < -0.39 is 0 Å². The van der Waals surface area contributed by atoms with Gasteiger partial charge in [0, 0.05) is 13.0 Å². The molecule has 0 atom stereocenters. The van der Waals surface area contributed by atoms with Gasteiger partial charge in [-0.25, -0.2) is 0 Å². The quantitative estimate of drug-likeness (QED) is 0.625. The first-order valence-electron chi connectivity index (χ1n) is 4.72. The van der Waals surface area contributed by atoms with E-state index in [1.54, 1.807) is 0 Å². The Kier molecular flexibility index (Phi) is 4.13. The maximum atomic E-state index is 5.60. The molecule has 0 aliphatic carbocycles. The van der Waals surface area contributed by atoms with Crippen molar-refractivity contribution < 1.29 is 0 Å². The fraction of sp³-hybridized carbons (Fsp3) is 0.800. The highest BCUT2D eigenvalue weighted by atomic mass is 15.1. The molecule has 0 radical (unpaired) electrons. The second-order valence-corrected chi connectivity index (χ2v) is 3.47. The van der Waals surface area contributed by atoms with Gasteiger partial charge in [0.15, 0.2) is 0 Å². The topological polar surface area (TPSA) is 29.3 Å². The minimum Gasteiger partial charge on any atom is -0.330 e. The van der Waals surface area contributed by atoms with Crippen LogP contribution in [0.1, 0.15) is 19.3 Å². The lowest BCUT2D eigenvalue weighted by molar-refractivity contribution is 0.191. The van der Waals surface area contributed by atoms with Crippen LogP contribution >= 0.6 is 0 Å². The zero-order chi connectivity index (χ0) is 8.81. The first kappa shape index (κ1) is 9.57. The minimum atomic E-state index is 0.757. The third-order valence-electron chi connectivity index (χ3n) is 2.61. The first-order valence-corrected chi connectivity index (χ1v) is 4.72. The molecule has 1 aliphatic heterocycles. The molecule has 0 aromatic carbocycles. The molecule has 2 heteroatoms. The summed E-state index contributed by atoms with van der Waals surface area (Å²) < 4.78 is 0. The number of nitrogens with zero attached hydrogens (tertiary/aromatic N) is 1. The average molecular weight is 166 g/mol. The molecule has 0 bridgehead atoms. The van der Waals surface area contributed by atoms with Crippen molar-refractivity contribution in [2.75, 3.05) is 26.2 Å². The third kappa shape index (κ3) is 2.84. The van der Waals surface area contributed by atoms with Crippen LogP contribution in [0.2, 0.25) is 0 Å². The molecule has 0 aromatic heterocycles. The van der Waals surface area contributed by atoms with Gasteiger partial charge in [-0.05, 0) is 38.4 Å². The molecule has 68 valence electrons. The van der Waals surface area contributed by atoms with Gasteiger partial charge in [0.2, 0.25) is 0 Å². The average Bonchev–Trinajstić information content (AvgIpc) is 2.15. The predicted octanol–water partition coefficient (Wildman–Crippen LogP) is 0.680. The Morgan fingerprint density at radius 2 is 2.08 bits per heavy atom. The highest BCUT2D eigenvalue weighted by Crippen LogP contribution is 2.15. The van der Waals surface area contributed by atoms with Gasteiger partial charge in [0.1, 0.15) is 0 Å². The normalized spacial score (nSPS) is 20.7. The maximum Gasteiger partial charge on any atom is 0.0214 e. The van der Waals surface area contributed by atoms with Crippen LogP contribution in [-0.4, -0.2) is 31.1 Å². The van der Waals surface area contributed by atoms with E-state index in [1.807, 2.05) is 0 Å². The summed E-state index contributed by atoms with van der Waals surface area (Å²) in [5, 5.41) is 0. The van der Waals surface area contributed by atoms with Crippen molar-refractivity contribution in [3.05, 3.63) is 0 Å². The van der Waals surface area contributed by atoms with Crippen LogP contribution in [0.3, 0.4) is 0 Å². The van der Waals surface area contributed by atoms with Crippen molar-refractivity contribution >= 4 is 0 Å². The Bertz CT molecular complexity index is 152. The van der Waals surface area contributed by atoms with E-state index >= 15 is 0 Å². The summed E-state index contributed by atoms with van der Waals surface area (Å²) in [7, 11) is 0. The lowest BCUT2D eigenvalue weighted by atomic mass is 9.97. The SMILES string of the molecule is C#CCCN1CCC(CN)CC1. The zero-order valence-corrected chi connectivity index (χ0v) is 7.63. The van der Waals surface area contributed by atoms with E-state index in [1.165, 1.54) is 25.9 Å². The zero-order valence-electron chi connectivity index (χ0n) is 7.63. The highest BCUT2D eigenvalue weighted by molar-refractivity contribution is 4.85. The summed E-state index contributed by atoms with van der Waals surface area (Å²) in [5.41, 5.74) is 5.60. The lowest BCUT2D eigenvalue weighted by Gasteiger charge is -2.30. The summed E-state index contributed by atoms with van der Waals surface area (Å²) in [5.74, 6) is 3.43. The Labute approximate surface area is 75.1 Å². The fourth-order valence-electron chi connectivity index (χ4n) is 1.67. The molecule has 0 saturated carbocycles. The smallest absolute Gasteiger partial charge is 0.0214 e. The van der Waals surface area contributed by atoms with Gasteiger partial charge in [-0.3, -0.25) is 0 Å². The highest BCUT2D eigenvalue weighted by Gasteiger charge is 2.16. The molecule has 1 heterocycles. The van der Waals surface area contributed by atoms with Gasteiger partial charge >= 0.3 is 0 Å². The summed E-state index contributed by atoms with van der Waals surface area (Å²) >= 11 is 0. The summed E-state index contributed by atoms with van der Waals surface area (Å²) in [6.07, 6.45) is 8.59. The van der Waals surface area contributed by atoms with Crippen molar-refractivity contribution in [1.29, 1.82) is 0 Å². The largest absolute Gasteiger partial charge is 0.330 e. The van der Waals surface area contributed by atoms with Crippen LogP contribution in [0.25, 0.3) is 0 Å².